The third-order valence-electron chi connectivity index (χ3n) is 3.25. The van der Waals surface area contributed by atoms with Crippen molar-refractivity contribution in [1.29, 1.82) is 0 Å². The van der Waals surface area contributed by atoms with Crippen LogP contribution < -0.4 is 5.32 Å². The van der Waals surface area contributed by atoms with E-state index in [9.17, 15) is 4.79 Å². The summed E-state index contributed by atoms with van der Waals surface area (Å²) < 4.78 is 5.16. The molecule has 0 aromatic rings. The minimum atomic E-state index is -0.468. The van der Waals surface area contributed by atoms with Crippen molar-refractivity contribution in [3.05, 3.63) is 12.7 Å². The minimum absolute atomic E-state index is 0.100. The predicted molar refractivity (Wildman–Crippen MR) is 60.6 cm³/mol. The third-order valence-corrected chi connectivity index (χ3v) is 3.25. The molecule has 0 heterocycles. The van der Waals surface area contributed by atoms with Gasteiger partial charge in [-0.05, 0) is 25.7 Å². The summed E-state index contributed by atoms with van der Waals surface area (Å²) in [6, 6.07) is 0. The van der Waals surface area contributed by atoms with Gasteiger partial charge in [0.05, 0.1) is 6.61 Å². The summed E-state index contributed by atoms with van der Waals surface area (Å²) in [7, 11) is 0. The summed E-state index contributed by atoms with van der Waals surface area (Å²) in [5.41, 5.74) is -0.468. The predicted octanol–water partition coefficient (Wildman–Crippen LogP) is 1.88. The number of nitrogens with one attached hydrogen (secondary N) is 1. The molecule has 0 aromatic heterocycles. The zero-order valence-electron chi connectivity index (χ0n) is 9.71. The zero-order chi connectivity index (χ0) is 11.3. The SMILES string of the molecule is C=CCNC1(C(=O)OCC)CCCC1C. The van der Waals surface area contributed by atoms with E-state index in [0.717, 1.165) is 19.3 Å². The second kappa shape index (κ2) is 5.31. The highest BCUT2D eigenvalue weighted by atomic mass is 16.5. The Hall–Kier alpha value is -0.830. The summed E-state index contributed by atoms with van der Waals surface area (Å²) in [5, 5.41) is 3.29. The van der Waals surface area contributed by atoms with Gasteiger partial charge in [-0.1, -0.05) is 19.4 Å². The lowest BCUT2D eigenvalue weighted by Crippen LogP contribution is -2.55. The van der Waals surface area contributed by atoms with Crippen LogP contribution in [-0.4, -0.2) is 24.7 Å². The highest BCUT2D eigenvalue weighted by molar-refractivity contribution is 5.81. The number of ether oxygens (including phenoxy) is 1. The van der Waals surface area contributed by atoms with Crippen molar-refractivity contribution < 1.29 is 9.53 Å². The van der Waals surface area contributed by atoms with Crippen molar-refractivity contribution >= 4 is 5.97 Å². The van der Waals surface area contributed by atoms with Gasteiger partial charge in [0.2, 0.25) is 0 Å². The highest BCUT2D eigenvalue weighted by Gasteiger charge is 2.47. The van der Waals surface area contributed by atoms with Crippen molar-refractivity contribution in [3.8, 4) is 0 Å². The van der Waals surface area contributed by atoms with E-state index in [-0.39, 0.29) is 5.97 Å². The lowest BCUT2D eigenvalue weighted by atomic mass is 9.88. The van der Waals surface area contributed by atoms with Gasteiger partial charge in [-0.25, -0.2) is 0 Å². The fourth-order valence-electron chi connectivity index (χ4n) is 2.33. The smallest absolute Gasteiger partial charge is 0.326 e. The van der Waals surface area contributed by atoms with Crippen LogP contribution in [0.2, 0.25) is 0 Å². The molecule has 0 bridgehead atoms. The van der Waals surface area contributed by atoms with Gasteiger partial charge in [-0.2, -0.15) is 0 Å². The van der Waals surface area contributed by atoms with E-state index in [1.165, 1.54) is 0 Å². The van der Waals surface area contributed by atoms with Crippen LogP contribution in [0.25, 0.3) is 0 Å². The average molecular weight is 211 g/mol. The Morgan fingerprint density at radius 2 is 2.47 bits per heavy atom. The summed E-state index contributed by atoms with van der Waals surface area (Å²) in [5.74, 6) is 0.244. The van der Waals surface area contributed by atoms with E-state index in [0.29, 0.717) is 19.1 Å². The van der Waals surface area contributed by atoms with Crippen molar-refractivity contribution in [1.82, 2.24) is 5.32 Å². The second-order valence-corrected chi connectivity index (χ2v) is 4.15. The Morgan fingerprint density at radius 3 is 2.93 bits per heavy atom. The Labute approximate surface area is 91.9 Å². The lowest BCUT2D eigenvalue weighted by molar-refractivity contribution is -0.152. The van der Waals surface area contributed by atoms with E-state index in [1.807, 2.05) is 6.92 Å². The van der Waals surface area contributed by atoms with Crippen LogP contribution in [0.5, 0.6) is 0 Å². The molecule has 1 saturated carbocycles. The molecule has 2 atom stereocenters. The first kappa shape index (κ1) is 12.2. The average Bonchev–Trinajstić information content (AvgIpc) is 2.58. The van der Waals surface area contributed by atoms with Crippen LogP contribution >= 0.6 is 0 Å². The molecule has 15 heavy (non-hydrogen) atoms. The standard InChI is InChI=1S/C12H21NO2/c1-4-9-13-12(11(14)15-5-2)8-6-7-10(12)3/h4,10,13H,1,5-9H2,2-3H3. The Kier molecular flexibility index (Phi) is 4.33. The van der Waals surface area contributed by atoms with Crippen LogP contribution in [0, 0.1) is 5.92 Å². The molecule has 3 nitrogen and oxygen atoms in total. The summed E-state index contributed by atoms with van der Waals surface area (Å²) in [6.07, 6.45) is 4.83. The van der Waals surface area contributed by atoms with Crippen LogP contribution in [0.4, 0.5) is 0 Å². The first-order valence-electron chi connectivity index (χ1n) is 5.70. The van der Waals surface area contributed by atoms with Crippen LogP contribution in [0.3, 0.4) is 0 Å². The molecule has 1 fully saturated rings. The fraction of sp³-hybridized carbons (Fsp3) is 0.750. The molecule has 0 aliphatic heterocycles. The maximum Gasteiger partial charge on any atom is 0.326 e. The molecule has 0 spiro atoms. The molecule has 3 heteroatoms. The van der Waals surface area contributed by atoms with Crippen molar-refractivity contribution in [2.75, 3.05) is 13.2 Å². The van der Waals surface area contributed by atoms with Gasteiger partial charge in [0.15, 0.2) is 0 Å². The first-order chi connectivity index (χ1) is 7.17. The molecule has 0 radical (unpaired) electrons. The number of carbonyl (C=O) groups is 1. The topological polar surface area (TPSA) is 38.3 Å². The first-order valence-corrected chi connectivity index (χ1v) is 5.70. The number of hydrogen-bond acceptors (Lipinski definition) is 3. The molecule has 0 aromatic carbocycles. The molecule has 0 saturated heterocycles. The maximum absolute atomic E-state index is 12.0. The monoisotopic (exact) mass is 211 g/mol. The fourth-order valence-corrected chi connectivity index (χ4v) is 2.33. The molecular weight excluding hydrogens is 190 g/mol. The minimum Gasteiger partial charge on any atom is -0.465 e. The van der Waals surface area contributed by atoms with E-state index >= 15 is 0 Å². The molecule has 1 aliphatic carbocycles. The molecule has 1 N–H and O–H groups in total. The number of carbonyl (C=O) groups excluding carboxylic acids is 1. The third kappa shape index (κ3) is 2.40. The lowest BCUT2D eigenvalue weighted by Gasteiger charge is -2.32. The van der Waals surface area contributed by atoms with Crippen molar-refractivity contribution in [2.45, 2.75) is 38.6 Å². The van der Waals surface area contributed by atoms with Crippen LogP contribution in [0.15, 0.2) is 12.7 Å². The van der Waals surface area contributed by atoms with Crippen molar-refractivity contribution in [2.24, 2.45) is 5.92 Å². The molecule has 86 valence electrons. The van der Waals surface area contributed by atoms with Gasteiger partial charge in [0.1, 0.15) is 5.54 Å². The molecular formula is C12H21NO2. The van der Waals surface area contributed by atoms with Gasteiger partial charge in [-0.15, -0.1) is 6.58 Å². The second-order valence-electron chi connectivity index (χ2n) is 4.15. The van der Waals surface area contributed by atoms with Gasteiger partial charge >= 0.3 is 5.97 Å². The highest BCUT2D eigenvalue weighted by Crippen LogP contribution is 2.36. The number of esters is 1. The molecule has 0 amide bonds. The largest absolute Gasteiger partial charge is 0.465 e. The van der Waals surface area contributed by atoms with E-state index in [2.05, 4.69) is 18.8 Å². The van der Waals surface area contributed by atoms with Gasteiger partial charge in [0.25, 0.3) is 0 Å². The Bertz CT molecular complexity index is 240. The molecule has 2 unspecified atom stereocenters. The maximum atomic E-state index is 12.0. The Morgan fingerprint density at radius 1 is 1.73 bits per heavy atom. The van der Waals surface area contributed by atoms with Gasteiger partial charge < -0.3 is 4.74 Å². The zero-order valence-corrected chi connectivity index (χ0v) is 9.71. The van der Waals surface area contributed by atoms with Crippen LogP contribution in [-0.2, 0) is 9.53 Å². The summed E-state index contributed by atoms with van der Waals surface area (Å²) in [4.78, 5) is 12.0. The summed E-state index contributed by atoms with van der Waals surface area (Å²) >= 11 is 0. The van der Waals surface area contributed by atoms with E-state index in [1.54, 1.807) is 6.08 Å². The van der Waals surface area contributed by atoms with Crippen LogP contribution in [0.1, 0.15) is 33.1 Å². The normalized spacial score (nSPS) is 30.1. The van der Waals surface area contributed by atoms with Crippen molar-refractivity contribution in [3.63, 3.8) is 0 Å². The summed E-state index contributed by atoms with van der Waals surface area (Å²) in [6.45, 7) is 8.73. The number of hydrogen-bond donors (Lipinski definition) is 1. The molecule has 1 rings (SSSR count). The van der Waals surface area contributed by atoms with Gasteiger partial charge in [0, 0.05) is 6.54 Å². The number of rotatable bonds is 5. The molecule has 1 aliphatic rings. The van der Waals surface area contributed by atoms with Gasteiger partial charge in [-0.3, -0.25) is 10.1 Å². The quantitative estimate of drug-likeness (QED) is 0.557. The van der Waals surface area contributed by atoms with E-state index < -0.39 is 5.54 Å². The van der Waals surface area contributed by atoms with E-state index in [4.69, 9.17) is 4.74 Å². The Balaban J connectivity index is 2.75.